The first-order chi connectivity index (χ1) is 24.1. The number of benzene rings is 1. The molecule has 0 saturated heterocycles. The van der Waals surface area contributed by atoms with Crippen LogP contribution in [0.5, 0.6) is 5.75 Å². The second-order valence-electron chi connectivity index (χ2n) is 14.9. The molecule has 6 atom stereocenters. The van der Waals surface area contributed by atoms with E-state index in [1.165, 1.54) is 31.7 Å². The van der Waals surface area contributed by atoms with Gasteiger partial charge in [-0.15, -0.1) is 5.75 Å². The highest BCUT2D eigenvalue weighted by molar-refractivity contribution is 5.70. The summed E-state index contributed by atoms with van der Waals surface area (Å²) in [7, 11) is 0. The summed E-state index contributed by atoms with van der Waals surface area (Å²) >= 11 is 0. The van der Waals surface area contributed by atoms with E-state index in [2.05, 4.69) is 16.9 Å². The number of anilines is 1. The molecule has 7 N–H and O–H groups in total. The van der Waals surface area contributed by atoms with E-state index < -0.39 is 23.6 Å². The molecular formula is C41H60N3O6-. The van der Waals surface area contributed by atoms with Crippen molar-refractivity contribution < 1.29 is 30.3 Å². The van der Waals surface area contributed by atoms with Gasteiger partial charge in [0.05, 0.1) is 23.7 Å². The number of nitrogen functional groups attached to an aromatic ring is 1. The molecule has 0 spiro atoms. The van der Waals surface area contributed by atoms with Gasteiger partial charge in [0, 0.05) is 17.6 Å². The van der Waals surface area contributed by atoms with Gasteiger partial charge in [0.25, 0.3) is 0 Å². The van der Waals surface area contributed by atoms with Crippen LogP contribution in [0, 0.1) is 17.8 Å². The van der Waals surface area contributed by atoms with Crippen molar-refractivity contribution in [1.29, 1.82) is 0 Å². The molecule has 2 aromatic heterocycles. The largest absolute Gasteiger partial charge is 0.872 e. The minimum Gasteiger partial charge on any atom is -0.872 e. The highest BCUT2D eigenvalue weighted by atomic mass is 16.4. The van der Waals surface area contributed by atoms with E-state index in [1.54, 1.807) is 18.3 Å². The van der Waals surface area contributed by atoms with Crippen LogP contribution in [0.25, 0.3) is 11.3 Å². The average Bonchev–Trinajstić information content (AvgIpc) is 3.67. The highest BCUT2D eigenvalue weighted by Crippen LogP contribution is 2.46. The lowest BCUT2D eigenvalue weighted by Gasteiger charge is -2.32. The number of aliphatic carboxylic acids is 1. The number of aliphatic hydroxyl groups is 3. The van der Waals surface area contributed by atoms with Crippen LogP contribution in [0.1, 0.15) is 121 Å². The van der Waals surface area contributed by atoms with E-state index in [1.807, 2.05) is 30.3 Å². The van der Waals surface area contributed by atoms with Crippen molar-refractivity contribution in [2.75, 3.05) is 5.73 Å². The third-order valence-electron chi connectivity index (χ3n) is 10.8. The molecular weight excluding hydrogens is 630 g/mol. The van der Waals surface area contributed by atoms with Crippen molar-refractivity contribution in [3.8, 4) is 17.0 Å². The van der Waals surface area contributed by atoms with Gasteiger partial charge in [0.1, 0.15) is 5.82 Å². The number of rotatable bonds is 23. The van der Waals surface area contributed by atoms with Crippen LogP contribution in [0.15, 0.2) is 54.7 Å². The zero-order valence-electron chi connectivity index (χ0n) is 29.9. The molecule has 0 amide bonds. The fourth-order valence-corrected chi connectivity index (χ4v) is 8.02. The summed E-state index contributed by atoms with van der Waals surface area (Å²) in [6.45, 7) is 2.20. The molecule has 1 aliphatic carbocycles. The van der Waals surface area contributed by atoms with Crippen molar-refractivity contribution in [3.05, 3.63) is 66.0 Å². The maximum absolute atomic E-state index is 12.2. The van der Waals surface area contributed by atoms with Crippen LogP contribution in [0.4, 0.5) is 5.82 Å². The Hall–Kier alpha value is -3.40. The number of nitrogens with one attached hydrogen (secondary N) is 1. The number of nitrogens with two attached hydrogens (primary N) is 1. The van der Waals surface area contributed by atoms with Crippen LogP contribution in [-0.4, -0.2) is 54.2 Å². The average molecular weight is 691 g/mol. The minimum atomic E-state index is -1.08. The molecule has 9 nitrogen and oxygen atoms in total. The van der Waals surface area contributed by atoms with Crippen molar-refractivity contribution >= 4 is 11.8 Å². The van der Waals surface area contributed by atoms with Crippen LogP contribution < -0.4 is 10.8 Å². The molecule has 2 heterocycles. The summed E-state index contributed by atoms with van der Waals surface area (Å²) < 4.78 is 0. The Morgan fingerprint density at radius 1 is 0.960 bits per heavy atom. The molecule has 276 valence electrons. The van der Waals surface area contributed by atoms with Gasteiger partial charge in [0.15, 0.2) is 0 Å². The number of pyridine rings is 1. The standard InChI is InChI=1S/C41H61N3O6/c1-2-3-4-5-8-13-34(45)14-9-6-7-10-16-36(40(48)49)38(47)19-21-41(50)28-30(23-29-20-22-43-39(42)25-29)24-32(41)27-33-17-18-37(44-33)31-12-11-15-35(46)26-31/h11-12,15,17-18,20,22,25-26,30,32,34,36,38,44-47,50H,2-10,13-14,16,19,21,23-24,27-28H2,1H3,(H2,42,43)(H,48,49)/p-1/t30-,32-,34-,36-,38+,41+/m0/s1. The van der Waals surface area contributed by atoms with Crippen molar-refractivity contribution in [3.63, 3.8) is 0 Å². The van der Waals surface area contributed by atoms with Crippen molar-refractivity contribution in [1.82, 2.24) is 9.97 Å². The molecule has 0 unspecified atom stereocenters. The number of aromatic amines is 1. The molecule has 0 radical (unpaired) electrons. The molecule has 9 heteroatoms. The van der Waals surface area contributed by atoms with E-state index in [0.717, 1.165) is 73.9 Å². The SMILES string of the molecule is CCCCCCC[C@H](O)CCCCCC[C@H](C(=O)O)[C@H](O)CC[C@@]1(O)C[C@@H](Cc2ccnc(N)c2)C[C@H]1Cc1ccc(-c2cccc([O-])c2)[nH]1. The number of carboxylic acids is 1. The van der Waals surface area contributed by atoms with Gasteiger partial charge in [-0.25, -0.2) is 4.98 Å². The van der Waals surface area contributed by atoms with Crippen LogP contribution in [0.3, 0.4) is 0 Å². The smallest absolute Gasteiger partial charge is 0.309 e. The maximum atomic E-state index is 12.2. The predicted molar refractivity (Wildman–Crippen MR) is 196 cm³/mol. The summed E-state index contributed by atoms with van der Waals surface area (Å²) in [5.41, 5.74) is 8.53. The molecule has 3 aromatic rings. The normalized spacial score (nSPS) is 20.9. The van der Waals surface area contributed by atoms with Gasteiger partial charge < -0.3 is 36.3 Å². The third-order valence-corrected chi connectivity index (χ3v) is 10.8. The van der Waals surface area contributed by atoms with Gasteiger partial charge in [-0.05, 0) is 105 Å². The number of hydrogen-bond donors (Lipinski definition) is 6. The summed E-state index contributed by atoms with van der Waals surface area (Å²) in [6, 6.07) is 14.5. The topological polar surface area (TPSA) is 176 Å². The predicted octanol–water partition coefficient (Wildman–Crippen LogP) is 7.18. The van der Waals surface area contributed by atoms with E-state index in [4.69, 9.17) is 5.73 Å². The van der Waals surface area contributed by atoms with Gasteiger partial charge in [-0.3, -0.25) is 4.79 Å². The van der Waals surface area contributed by atoms with Crippen LogP contribution in [-0.2, 0) is 17.6 Å². The van der Waals surface area contributed by atoms with Gasteiger partial charge in [-0.1, -0.05) is 89.0 Å². The zero-order valence-corrected chi connectivity index (χ0v) is 29.9. The van der Waals surface area contributed by atoms with E-state index in [0.29, 0.717) is 37.9 Å². The lowest BCUT2D eigenvalue weighted by molar-refractivity contribution is -0.268. The Kier molecular flexibility index (Phi) is 15.6. The summed E-state index contributed by atoms with van der Waals surface area (Å²) in [6.07, 6.45) is 15.0. The molecule has 1 aromatic carbocycles. The van der Waals surface area contributed by atoms with E-state index in [-0.39, 0.29) is 30.1 Å². The molecule has 50 heavy (non-hydrogen) atoms. The number of nitrogens with zero attached hydrogens (tertiary/aromatic N) is 1. The number of hydrogen-bond acceptors (Lipinski definition) is 7. The van der Waals surface area contributed by atoms with Gasteiger partial charge >= 0.3 is 5.97 Å². The lowest BCUT2D eigenvalue weighted by Crippen LogP contribution is -2.37. The van der Waals surface area contributed by atoms with Crippen molar-refractivity contribution in [2.45, 2.75) is 140 Å². The van der Waals surface area contributed by atoms with Crippen LogP contribution >= 0.6 is 0 Å². The molecule has 4 rings (SSSR count). The fourth-order valence-electron chi connectivity index (χ4n) is 8.02. The molecule has 1 aliphatic rings. The Morgan fingerprint density at radius 3 is 2.36 bits per heavy atom. The Labute approximate surface area is 298 Å². The number of unbranched alkanes of at least 4 members (excludes halogenated alkanes) is 7. The summed E-state index contributed by atoms with van der Waals surface area (Å²) in [5.74, 6) is -1.40. The number of H-pyrrole nitrogens is 1. The molecule has 1 fully saturated rings. The maximum Gasteiger partial charge on any atom is 0.309 e. The number of aromatic nitrogens is 2. The Balaban J connectivity index is 1.31. The van der Waals surface area contributed by atoms with E-state index in [9.17, 15) is 30.3 Å². The first-order valence-corrected chi connectivity index (χ1v) is 19.0. The number of aliphatic hydroxyl groups excluding tert-OH is 2. The summed E-state index contributed by atoms with van der Waals surface area (Å²) in [4.78, 5) is 19.8. The quantitative estimate of drug-likeness (QED) is 0.0567. The minimum absolute atomic E-state index is 0.0553. The Morgan fingerprint density at radius 2 is 1.68 bits per heavy atom. The van der Waals surface area contributed by atoms with E-state index >= 15 is 0 Å². The second kappa shape index (κ2) is 19.8. The second-order valence-corrected chi connectivity index (χ2v) is 14.9. The molecule has 0 bridgehead atoms. The first-order valence-electron chi connectivity index (χ1n) is 19.0. The highest BCUT2D eigenvalue weighted by Gasteiger charge is 2.46. The third kappa shape index (κ3) is 12.4. The van der Waals surface area contributed by atoms with Crippen molar-refractivity contribution in [2.24, 2.45) is 17.8 Å². The molecule has 1 saturated carbocycles. The Bertz CT molecular complexity index is 1440. The fraction of sp³-hybridized carbons (Fsp3) is 0.610. The van der Waals surface area contributed by atoms with Crippen LogP contribution in [0.2, 0.25) is 0 Å². The lowest BCUT2D eigenvalue weighted by atomic mass is 9.81. The first kappa shape index (κ1) is 39.4. The summed E-state index contributed by atoms with van der Waals surface area (Å²) in [5, 5.41) is 55.5. The monoisotopic (exact) mass is 690 g/mol. The number of carbonyl (C=O) groups is 1. The van der Waals surface area contributed by atoms with Gasteiger partial charge in [0.2, 0.25) is 0 Å². The number of carboxylic acid groups (broad SMARTS) is 1. The van der Waals surface area contributed by atoms with Gasteiger partial charge in [-0.2, -0.15) is 0 Å². The molecule has 0 aliphatic heterocycles. The zero-order chi connectivity index (χ0) is 35.9.